The first-order valence-corrected chi connectivity index (χ1v) is 10.1. The second-order valence-electron chi connectivity index (χ2n) is 7.62. The highest BCUT2D eigenvalue weighted by molar-refractivity contribution is 5.73. The SMILES string of the molecule is O=c1[nH]c(C(F)c2ccc(-c3cc(F)cc(F)c3)nc2)nc2c1cnn2C1CCOCC1. The third kappa shape index (κ3) is 3.77. The van der Waals surface area contributed by atoms with Gasteiger partial charge in [0.15, 0.2) is 17.6 Å². The minimum atomic E-state index is -1.75. The highest BCUT2D eigenvalue weighted by Gasteiger charge is 2.23. The molecule has 32 heavy (non-hydrogen) atoms. The average molecular weight is 441 g/mol. The van der Waals surface area contributed by atoms with E-state index in [0.717, 1.165) is 31.0 Å². The Kier molecular flexibility index (Phi) is 5.22. The van der Waals surface area contributed by atoms with Crippen LogP contribution in [0.1, 0.15) is 36.4 Å². The Hall–Kier alpha value is -3.53. The van der Waals surface area contributed by atoms with Crippen molar-refractivity contribution in [2.24, 2.45) is 0 Å². The van der Waals surface area contributed by atoms with E-state index in [0.29, 0.717) is 18.9 Å². The van der Waals surface area contributed by atoms with Gasteiger partial charge in [-0.05, 0) is 31.0 Å². The predicted octanol–water partition coefficient (Wildman–Crippen LogP) is 3.87. The molecular formula is C22H18F3N5O2. The Morgan fingerprint density at radius 1 is 1.09 bits per heavy atom. The van der Waals surface area contributed by atoms with Crippen molar-refractivity contribution in [3.8, 4) is 11.3 Å². The van der Waals surface area contributed by atoms with Gasteiger partial charge < -0.3 is 9.72 Å². The zero-order valence-electron chi connectivity index (χ0n) is 16.8. The molecule has 0 bridgehead atoms. The number of halogens is 3. The van der Waals surface area contributed by atoms with Crippen LogP contribution < -0.4 is 5.56 Å². The summed E-state index contributed by atoms with van der Waals surface area (Å²) >= 11 is 0. The minimum Gasteiger partial charge on any atom is -0.381 e. The summed E-state index contributed by atoms with van der Waals surface area (Å²) in [6.45, 7) is 1.17. The molecule has 1 fully saturated rings. The largest absolute Gasteiger partial charge is 0.381 e. The Morgan fingerprint density at radius 2 is 1.84 bits per heavy atom. The van der Waals surface area contributed by atoms with E-state index in [9.17, 15) is 13.6 Å². The minimum absolute atomic E-state index is 0.0223. The van der Waals surface area contributed by atoms with Gasteiger partial charge in [-0.15, -0.1) is 0 Å². The predicted molar refractivity (Wildman–Crippen MR) is 110 cm³/mol. The maximum Gasteiger partial charge on any atom is 0.262 e. The highest BCUT2D eigenvalue weighted by Crippen LogP contribution is 2.28. The van der Waals surface area contributed by atoms with Crippen LogP contribution in [-0.4, -0.2) is 37.9 Å². The number of aromatic amines is 1. The van der Waals surface area contributed by atoms with Gasteiger partial charge in [-0.25, -0.2) is 22.8 Å². The topological polar surface area (TPSA) is 85.7 Å². The second-order valence-corrected chi connectivity index (χ2v) is 7.62. The standard InChI is InChI=1S/C22H18F3N5O2/c23-14-7-13(8-15(24)9-14)18-2-1-12(10-26-18)19(25)20-28-21-17(22(31)29-20)11-27-30(21)16-3-5-32-6-4-16/h1-2,7-11,16,19H,3-6H2,(H,28,29,31). The van der Waals surface area contributed by atoms with Crippen LogP contribution in [-0.2, 0) is 4.74 Å². The lowest BCUT2D eigenvalue weighted by atomic mass is 10.1. The number of benzene rings is 1. The molecule has 1 N–H and O–H groups in total. The fourth-order valence-corrected chi connectivity index (χ4v) is 3.86. The van der Waals surface area contributed by atoms with Crippen molar-refractivity contribution in [2.75, 3.05) is 13.2 Å². The van der Waals surface area contributed by atoms with Gasteiger partial charge in [0.05, 0.1) is 17.9 Å². The Balaban J connectivity index is 1.47. The van der Waals surface area contributed by atoms with E-state index in [1.54, 1.807) is 4.68 Å². The fraction of sp³-hybridized carbons (Fsp3) is 0.273. The summed E-state index contributed by atoms with van der Waals surface area (Å²) in [7, 11) is 0. The smallest absolute Gasteiger partial charge is 0.262 e. The van der Waals surface area contributed by atoms with Crippen LogP contribution in [0.15, 0.2) is 47.5 Å². The number of rotatable bonds is 4. The summed E-state index contributed by atoms with van der Waals surface area (Å²) in [6.07, 6.45) is 2.39. The number of aromatic nitrogens is 5. The van der Waals surface area contributed by atoms with E-state index < -0.39 is 23.4 Å². The van der Waals surface area contributed by atoms with Crippen LogP contribution in [0.5, 0.6) is 0 Å². The first-order valence-electron chi connectivity index (χ1n) is 10.1. The van der Waals surface area contributed by atoms with Gasteiger partial charge in [0.2, 0.25) is 0 Å². The van der Waals surface area contributed by atoms with E-state index in [4.69, 9.17) is 4.74 Å². The third-order valence-electron chi connectivity index (χ3n) is 5.50. The zero-order chi connectivity index (χ0) is 22.2. The zero-order valence-corrected chi connectivity index (χ0v) is 16.8. The Bertz CT molecular complexity index is 1310. The van der Waals surface area contributed by atoms with Crippen LogP contribution in [0.25, 0.3) is 22.3 Å². The quantitative estimate of drug-likeness (QED) is 0.520. The molecule has 0 spiro atoms. The van der Waals surface area contributed by atoms with Crippen molar-refractivity contribution in [2.45, 2.75) is 25.1 Å². The monoisotopic (exact) mass is 441 g/mol. The number of fused-ring (bicyclic) bond motifs is 1. The number of nitrogens with one attached hydrogen (secondary N) is 1. The summed E-state index contributed by atoms with van der Waals surface area (Å²) in [4.78, 5) is 23.5. The molecule has 5 rings (SSSR count). The van der Waals surface area contributed by atoms with Gasteiger partial charge in [0.1, 0.15) is 17.0 Å². The molecule has 10 heteroatoms. The summed E-state index contributed by atoms with van der Waals surface area (Å²) in [5.41, 5.74) is 0.501. The van der Waals surface area contributed by atoms with Crippen molar-refractivity contribution in [1.29, 1.82) is 0 Å². The first kappa shape index (κ1) is 20.4. The normalized spacial score (nSPS) is 15.8. The van der Waals surface area contributed by atoms with Gasteiger partial charge in [-0.1, -0.05) is 6.07 Å². The molecule has 7 nitrogen and oxygen atoms in total. The maximum absolute atomic E-state index is 15.3. The van der Waals surface area contributed by atoms with E-state index in [2.05, 4.69) is 20.1 Å². The highest BCUT2D eigenvalue weighted by atomic mass is 19.1. The van der Waals surface area contributed by atoms with Crippen LogP contribution in [0, 0.1) is 11.6 Å². The third-order valence-corrected chi connectivity index (χ3v) is 5.50. The number of hydrogen-bond acceptors (Lipinski definition) is 5. The number of pyridine rings is 1. The molecule has 1 saturated heterocycles. The Morgan fingerprint density at radius 3 is 2.53 bits per heavy atom. The summed E-state index contributed by atoms with van der Waals surface area (Å²) in [5.74, 6) is -1.63. The lowest BCUT2D eigenvalue weighted by molar-refractivity contribution is 0.0673. The molecule has 1 aromatic carbocycles. The average Bonchev–Trinajstić information content (AvgIpc) is 3.23. The molecule has 0 radical (unpaired) electrons. The summed E-state index contributed by atoms with van der Waals surface area (Å²) < 4.78 is 49.2. The molecule has 0 aliphatic carbocycles. The number of alkyl halides is 1. The van der Waals surface area contributed by atoms with Gasteiger partial charge in [0, 0.05) is 36.6 Å². The Labute approximate surface area is 179 Å². The molecule has 1 aliphatic heterocycles. The second kappa shape index (κ2) is 8.19. The van der Waals surface area contributed by atoms with E-state index >= 15 is 4.39 Å². The molecule has 1 unspecified atom stereocenters. The molecule has 0 saturated carbocycles. The molecule has 3 aromatic heterocycles. The molecule has 4 heterocycles. The number of H-pyrrole nitrogens is 1. The van der Waals surface area contributed by atoms with Gasteiger partial charge in [-0.2, -0.15) is 5.10 Å². The maximum atomic E-state index is 15.3. The fourth-order valence-electron chi connectivity index (χ4n) is 3.86. The summed E-state index contributed by atoms with van der Waals surface area (Å²) in [6, 6.07) is 5.97. The molecule has 1 atom stereocenters. The van der Waals surface area contributed by atoms with Crippen molar-refractivity contribution >= 4 is 11.0 Å². The molecule has 0 amide bonds. The number of ether oxygens (including phenoxy) is 1. The first-order chi connectivity index (χ1) is 15.5. The van der Waals surface area contributed by atoms with Crippen molar-refractivity contribution in [3.63, 3.8) is 0 Å². The van der Waals surface area contributed by atoms with Gasteiger partial charge in [0.25, 0.3) is 5.56 Å². The van der Waals surface area contributed by atoms with Crippen LogP contribution in [0.2, 0.25) is 0 Å². The molecule has 1 aliphatic rings. The van der Waals surface area contributed by atoms with Crippen molar-refractivity contribution in [3.05, 3.63) is 76.1 Å². The lowest BCUT2D eigenvalue weighted by Gasteiger charge is -2.22. The van der Waals surface area contributed by atoms with E-state index in [1.807, 2.05) is 0 Å². The van der Waals surface area contributed by atoms with E-state index in [1.165, 1.54) is 24.5 Å². The van der Waals surface area contributed by atoms with Crippen LogP contribution >= 0.6 is 0 Å². The van der Waals surface area contributed by atoms with Gasteiger partial charge >= 0.3 is 0 Å². The van der Waals surface area contributed by atoms with Crippen LogP contribution in [0.3, 0.4) is 0 Å². The van der Waals surface area contributed by atoms with Gasteiger partial charge in [-0.3, -0.25) is 9.78 Å². The summed E-state index contributed by atoms with van der Waals surface area (Å²) in [5, 5.41) is 4.58. The molecule has 4 aromatic rings. The molecule has 164 valence electrons. The van der Waals surface area contributed by atoms with Crippen LogP contribution in [0.4, 0.5) is 13.2 Å². The van der Waals surface area contributed by atoms with Crippen molar-refractivity contribution < 1.29 is 17.9 Å². The number of nitrogens with zero attached hydrogens (tertiary/aromatic N) is 4. The molecular weight excluding hydrogens is 423 g/mol. The number of hydrogen-bond donors (Lipinski definition) is 1. The van der Waals surface area contributed by atoms with Crippen molar-refractivity contribution in [1.82, 2.24) is 24.7 Å². The lowest BCUT2D eigenvalue weighted by Crippen LogP contribution is -2.22. The van der Waals surface area contributed by atoms with E-state index in [-0.39, 0.29) is 34.1 Å².